The van der Waals surface area contributed by atoms with E-state index in [-0.39, 0.29) is 11.7 Å². The Kier molecular flexibility index (Phi) is 10.8. The van der Waals surface area contributed by atoms with Crippen LogP contribution in [-0.2, 0) is 16.0 Å². The number of nitrogens with one attached hydrogen (secondary N) is 1. The molecule has 0 heterocycles. The van der Waals surface area contributed by atoms with E-state index in [0.717, 1.165) is 34.9 Å². The van der Waals surface area contributed by atoms with E-state index in [9.17, 15) is 9.59 Å². The maximum absolute atomic E-state index is 12.8. The Morgan fingerprint density at radius 2 is 1.88 bits per heavy atom. The SMILES string of the molecule is C/C=C(C)/C(C)=C(S)/N=C(/SCC(=O)Nc1c(Cl)cccc1CC)N(C=O)c1ccccc1. The van der Waals surface area contributed by atoms with Crippen molar-refractivity contribution in [3.63, 3.8) is 0 Å². The second-order valence-electron chi connectivity index (χ2n) is 7.09. The van der Waals surface area contributed by atoms with Gasteiger partial charge >= 0.3 is 0 Å². The number of carbonyl (C=O) groups excluding carboxylic acids is 2. The summed E-state index contributed by atoms with van der Waals surface area (Å²) >= 11 is 12.0. The Morgan fingerprint density at radius 1 is 1.18 bits per heavy atom. The maximum atomic E-state index is 12.8. The molecule has 0 aliphatic heterocycles. The standard InChI is InChI=1S/C25H28ClN3O2S2/c1-5-17(3)18(4)24(32)28-25(29(16-30)20-12-8-7-9-13-20)33-15-22(31)27-23-19(6-2)11-10-14-21(23)26/h5,7-14,16,32H,6,15H2,1-4H3,(H,27,31)/b17-5+,24-18-,28-25+. The lowest BCUT2D eigenvalue weighted by Crippen LogP contribution is -2.29. The fourth-order valence-electron chi connectivity index (χ4n) is 2.84. The molecular weight excluding hydrogens is 474 g/mol. The Morgan fingerprint density at radius 3 is 2.48 bits per heavy atom. The summed E-state index contributed by atoms with van der Waals surface area (Å²) in [6.45, 7) is 7.81. The third-order valence-electron chi connectivity index (χ3n) is 4.98. The first-order chi connectivity index (χ1) is 15.8. The smallest absolute Gasteiger partial charge is 0.234 e. The van der Waals surface area contributed by atoms with Gasteiger partial charge in [-0.15, -0.1) is 12.6 Å². The van der Waals surface area contributed by atoms with E-state index in [1.807, 2.05) is 64.1 Å². The van der Waals surface area contributed by atoms with Crippen molar-refractivity contribution in [1.82, 2.24) is 0 Å². The summed E-state index contributed by atoms with van der Waals surface area (Å²) in [4.78, 5) is 30.8. The summed E-state index contributed by atoms with van der Waals surface area (Å²) in [7, 11) is 0. The first-order valence-electron chi connectivity index (χ1n) is 10.4. The number of aryl methyl sites for hydroxylation is 1. The van der Waals surface area contributed by atoms with E-state index in [4.69, 9.17) is 11.6 Å². The Hall–Kier alpha value is -2.48. The number of anilines is 2. The predicted molar refractivity (Wildman–Crippen MR) is 145 cm³/mol. The molecule has 0 aliphatic rings. The van der Waals surface area contributed by atoms with Crippen LogP contribution in [0.4, 0.5) is 11.4 Å². The molecule has 0 saturated heterocycles. The molecule has 8 heteroatoms. The number of halogens is 1. The number of hydrogen-bond acceptors (Lipinski definition) is 5. The van der Waals surface area contributed by atoms with Crippen molar-refractivity contribution in [1.29, 1.82) is 0 Å². The molecule has 0 atom stereocenters. The van der Waals surface area contributed by atoms with Gasteiger partial charge in [0.1, 0.15) is 0 Å². The van der Waals surface area contributed by atoms with Crippen LogP contribution in [0.25, 0.3) is 0 Å². The molecule has 0 radical (unpaired) electrons. The summed E-state index contributed by atoms with van der Waals surface area (Å²) in [6, 6.07) is 14.6. The van der Waals surface area contributed by atoms with Crippen LogP contribution in [-0.4, -0.2) is 23.2 Å². The zero-order valence-corrected chi connectivity index (χ0v) is 21.6. The van der Waals surface area contributed by atoms with E-state index in [1.165, 1.54) is 4.90 Å². The minimum atomic E-state index is -0.250. The Balaban J connectivity index is 2.34. The largest absolute Gasteiger partial charge is 0.324 e. The number of amidine groups is 1. The van der Waals surface area contributed by atoms with Gasteiger partial charge in [-0.25, -0.2) is 4.99 Å². The number of rotatable bonds is 8. The summed E-state index contributed by atoms with van der Waals surface area (Å²) in [6.07, 6.45) is 3.38. The van der Waals surface area contributed by atoms with Crippen LogP contribution >= 0.6 is 36.0 Å². The van der Waals surface area contributed by atoms with Crippen molar-refractivity contribution in [3.8, 4) is 0 Å². The van der Waals surface area contributed by atoms with E-state index < -0.39 is 0 Å². The molecular formula is C25H28ClN3O2S2. The number of thiol groups is 1. The number of benzene rings is 2. The zero-order valence-electron chi connectivity index (χ0n) is 19.1. The van der Waals surface area contributed by atoms with Gasteiger partial charge in [0.2, 0.25) is 12.3 Å². The molecule has 0 saturated carbocycles. The number of thioether (sulfide) groups is 1. The summed E-state index contributed by atoms with van der Waals surface area (Å²) in [5, 5.41) is 4.19. The van der Waals surface area contributed by atoms with Crippen molar-refractivity contribution < 1.29 is 9.59 Å². The molecule has 2 aromatic rings. The number of carbonyl (C=O) groups is 2. The summed E-state index contributed by atoms with van der Waals surface area (Å²) in [5.41, 5.74) is 4.10. The van der Waals surface area contributed by atoms with Gasteiger partial charge < -0.3 is 5.32 Å². The highest BCUT2D eigenvalue weighted by Gasteiger charge is 2.18. The first kappa shape index (κ1) is 26.8. The lowest BCUT2D eigenvalue weighted by Gasteiger charge is -2.20. The third-order valence-corrected chi connectivity index (χ3v) is 6.69. The number of nitrogens with zero attached hydrogens (tertiary/aromatic N) is 2. The second-order valence-corrected chi connectivity index (χ2v) is 8.86. The molecule has 0 aliphatic carbocycles. The number of allylic oxidation sites excluding steroid dienone is 3. The summed E-state index contributed by atoms with van der Waals surface area (Å²) in [5.74, 6) is -0.215. The monoisotopic (exact) mass is 501 g/mol. The number of amides is 2. The Bertz CT molecular complexity index is 1080. The molecule has 2 rings (SSSR count). The molecule has 1 N–H and O–H groups in total. The van der Waals surface area contributed by atoms with Crippen LogP contribution in [0.2, 0.25) is 5.02 Å². The van der Waals surface area contributed by atoms with Crippen LogP contribution < -0.4 is 10.2 Å². The van der Waals surface area contributed by atoms with Crippen molar-refractivity contribution in [2.24, 2.45) is 4.99 Å². The van der Waals surface area contributed by atoms with Crippen LogP contribution in [0, 0.1) is 0 Å². The fraction of sp³-hybridized carbons (Fsp3) is 0.240. The molecule has 2 aromatic carbocycles. The molecule has 33 heavy (non-hydrogen) atoms. The lowest BCUT2D eigenvalue weighted by atomic mass is 10.1. The molecule has 0 spiro atoms. The average Bonchev–Trinajstić information content (AvgIpc) is 2.83. The predicted octanol–water partition coefficient (Wildman–Crippen LogP) is 6.72. The molecule has 174 valence electrons. The van der Waals surface area contributed by atoms with Crippen molar-refractivity contribution in [3.05, 3.63) is 81.4 Å². The van der Waals surface area contributed by atoms with Gasteiger partial charge in [-0.05, 0) is 62.1 Å². The van der Waals surface area contributed by atoms with Gasteiger partial charge in [0, 0.05) is 0 Å². The molecule has 0 aromatic heterocycles. The average molecular weight is 502 g/mol. The molecule has 2 amide bonds. The van der Waals surface area contributed by atoms with Crippen molar-refractivity contribution in [2.45, 2.75) is 34.1 Å². The van der Waals surface area contributed by atoms with Crippen LogP contribution in [0.3, 0.4) is 0 Å². The van der Waals surface area contributed by atoms with Crippen LogP contribution in [0.15, 0.2) is 75.8 Å². The normalized spacial score (nSPS) is 12.8. The van der Waals surface area contributed by atoms with E-state index in [0.29, 0.717) is 33.0 Å². The fourth-order valence-corrected chi connectivity index (χ4v) is 4.19. The quantitative estimate of drug-likeness (QED) is 0.139. The van der Waals surface area contributed by atoms with Crippen molar-refractivity contribution >= 4 is 64.9 Å². The summed E-state index contributed by atoms with van der Waals surface area (Å²) < 4.78 is 0. The second kappa shape index (κ2) is 13.3. The van der Waals surface area contributed by atoms with E-state index in [2.05, 4.69) is 22.9 Å². The van der Waals surface area contributed by atoms with Crippen LogP contribution in [0.5, 0.6) is 0 Å². The molecule has 0 bridgehead atoms. The van der Waals surface area contributed by atoms with Gasteiger partial charge in [0.15, 0.2) is 5.17 Å². The van der Waals surface area contributed by atoms with Gasteiger partial charge in [-0.1, -0.05) is 66.7 Å². The highest BCUT2D eigenvalue weighted by molar-refractivity contribution is 8.14. The van der Waals surface area contributed by atoms with Crippen LogP contribution in [0.1, 0.15) is 33.3 Å². The highest BCUT2D eigenvalue weighted by Crippen LogP contribution is 2.27. The highest BCUT2D eigenvalue weighted by atomic mass is 35.5. The molecule has 5 nitrogen and oxygen atoms in total. The lowest BCUT2D eigenvalue weighted by molar-refractivity contribution is -0.113. The van der Waals surface area contributed by atoms with Gasteiger partial charge in [-0.2, -0.15) is 0 Å². The minimum Gasteiger partial charge on any atom is -0.324 e. The number of hydrogen-bond donors (Lipinski definition) is 2. The van der Waals surface area contributed by atoms with E-state index >= 15 is 0 Å². The van der Waals surface area contributed by atoms with E-state index in [1.54, 1.807) is 18.2 Å². The topological polar surface area (TPSA) is 61.8 Å². The minimum absolute atomic E-state index is 0.0348. The molecule has 0 unspecified atom stereocenters. The van der Waals surface area contributed by atoms with Gasteiger partial charge in [0.05, 0.1) is 27.2 Å². The molecule has 0 fully saturated rings. The first-order valence-corrected chi connectivity index (χ1v) is 12.2. The zero-order chi connectivity index (χ0) is 24.4. The third kappa shape index (κ3) is 7.52. The van der Waals surface area contributed by atoms with Gasteiger partial charge in [-0.3, -0.25) is 14.5 Å². The van der Waals surface area contributed by atoms with Gasteiger partial charge in [0.25, 0.3) is 0 Å². The maximum Gasteiger partial charge on any atom is 0.234 e. The van der Waals surface area contributed by atoms with Crippen molar-refractivity contribution in [2.75, 3.05) is 16.0 Å². The Labute approximate surface area is 210 Å². The number of para-hydroxylation sites is 2. The number of aliphatic imine (C=N–C) groups is 1.